The van der Waals surface area contributed by atoms with Crippen LogP contribution in [0.25, 0.3) is 0 Å². The second-order valence-electron chi connectivity index (χ2n) is 3.76. The SMILES string of the molecule is CCc1nc(N)cc(Oc2ccc(C#N)c(F)c2)n1. The summed E-state index contributed by atoms with van der Waals surface area (Å²) in [4.78, 5) is 8.13. The van der Waals surface area contributed by atoms with Gasteiger partial charge in [-0.25, -0.2) is 9.37 Å². The highest BCUT2D eigenvalue weighted by Crippen LogP contribution is 2.23. The van der Waals surface area contributed by atoms with Gasteiger partial charge in [-0.05, 0) is 12.1 Å². The maximum absolute atomic E-state index is 13.4. The van der Waals surface area contributed by atoms with Crippen molar-refractivity contribution < 1.29 is 9.13 Å². The Morgan fingerprint density at radius 1 is 1.37 bits per heavy atom. The molecule has 0 saturated heterocycles. The third kappa shape index (κ3) is 2.96. The van der Waals surface area contributed by atoms with Gasteiger partial charge in [0.1, 0.15) is 29.3 Å². The zero-order chi connectivity index (χ0) is 13.8. The molecule has 0 fully saturated rings. The number of nitriles is 1. The number of benzene rings is 1. The van der Waals surface area contributed by atoms with Crippen LogP contribution in [-0.4, -0.2) is 9.97 Å². The molecular weight excluding hydrogens is 247 g/mol. The molecule has 2 rings (SSSR count). The first-order valence-electron chi connectivity index (χ1n) is 5.63. The highest BCUT2D eigenvalue weighted by atomic mass is 19.1. The molecule has 2 N–H and O–H groups in total. The molecule has 6 heteroatoms. The number of aromatic nitrogens is 2. The largest absolute Gasteiger partial charge is 0.439 e. The van der Waals surface area contributed by atoms with Crippen molar-refractivity contribution in [2.75, 3.05) is 5.73 Å². The Morgan fingerprint density at radius 3 is 2.79 bits per heavy atom. The lowest BCUT2D eigenvalue weighted by Gasteiger charge is -2.07. The van der Waals surface area contributed by atoms with Crippen LogP contribution in [0.2, 0.25) is 0 Å². The topological polar surface area (TPSA) is 84.8 Å². The first kappa shape index (κ1) is 12.8. The van der Waals surface area contributed by atoms with Crippen LogP contribution in [0.15, 0.2) is 24.3 Å². The molecular formula is C13H11FN4O. The van der Waals surface area contributed by atoms with Crippen molar-refractivity contribution >= 4 is 5.82 Å². The van der Waals surface area contributed by atoms with Crippen molar-refractivity contribution in [3.63, 3.8) is 0 Å². The quantitative estimate of drug-likeness (QED) is 0.913. The number of nitrogen functional groups attached to an aromatic ring is 1. The van der Waals surface area contributed by atoms with Gasteiger partial charge in [0.15, 0.2) is 0 Å². The predicted molar refractivity (Wildman–Crippen MR) is 67.0 cm³/mol. The highest BCUT2D eigenvalue weighted by molar-refractivity contribution is 5.39. The van der Waals surface area contributed by atoms with Gasteiger partial charge in [-0.1, -0.05) is 6.92 Å². The second-order valence-corrected chi connectivity index (χ2v) is 3.76. The zero-order valence-electron chi connectivity index (χ0n) is 10.2. The number of nitrogens with two attached hydrogens (primary N) is 1. The average Bonchev–Trinajstić information content (AvgIpc) is 2.38. The fourth-order valence-electron chi connectivity index (χ4n) is 1.47. The van der Waals surface area contributed by atoms with Crippen LogP contribution >= 0.6 is 0 Å². The molecule has 5 nitrogen and oxygen atoms in total. The van der Waals surface area contributed by atoms with Gasteiger partial charge in [-0.15, -0.1) is 0 Å². The van der Waals surface area contributed by atoms with Crippen LogP contribution in [-0.2, 0) is 6.42 Å². The Morgan fingerprint density at radius 2 is 2.16 bits per heavy atom. The van der Waals surface area contributed by atoms with E-state index in [2.05, 4.69) is 9.97 Å². The smallest absolute Gasteiger partial charge is 0.224 e. The Labute approximate surface area is 109 Å². The van der Waals surface area contributed by atoms with Crippen molar-refractivity contribution in [1.29, 1.82) is 5.26 Å². The van der Waals surface area contributed by atoms with Crippen LogP contribution in [0.5, 0.6) is 11.6 Å². The Bertz CT molecular complexity index is 652. The Kier molecular flexibility index (Phi) is 3.57. The molecule has 1 heterocycles. The van der Waals surface area contributed by atoms with E-state index in [0.717, 1.165) is 6.07 Å². The lowest BCUT2D eigenvalue weighted by atomic mass is 10.2. The predicted octanol–water partition coefficient (Wildman–Crippen LogP) is 2.42. The van der Waals surface area contributed by atoms with Gasteiger partial charge in [0.05, 0.1) is 5.56 Å². The van der Waals surface area contributed by atoms with Gasteiger partial charge in [-0.3, -0.25) is 0 Å². The summed E-state index contributed by atoms with van der Waals surface area (Å²) in [6, 6.07) is 7.15. The van der Waals surface area contributed by atoms with Crippen LogP contribution in [0.4, 0.5) is 10.2 Å². The number of hydrogen-bond donors (Lipinski definition) is 1. The Balaban J connectivity index is 2.28. The number of nitrogens with zero attached hydrogens (tertiary/aromatic N) is 3. The van der Waals surface area contributed by atoms with Gasteiger partial charge in [0.25, 0.3) is 0 Å². The molecule has 0 aliphatic carbocycles. The van der Waals surface area contributed by atoms with E-state index in [-0.39, 0.29) is 23.0 Å². The molecule has 0 saturated carbocycles. The van der Waals surface area contributed by atoms with E-state index >= 15 is 0 Å². The zero-order valence-corrected chi connectivity index (χ0v) is 10.2. The van der Waals surface area contributed by atoms with Crippen LogP contribution in [0, 0.1) is 17.1 Å². The van der Waals surface area contributed by atoms with E-state index in [0.29, 0.717) is 12.2 Å². The Hall–Kier alpha value is -2.68. The van der Waals surface area contributed by atoms with E-state index in [9.17, 15) is 4.39 Å². The first-order valence-corrected chi connectivity index (χ1v) is 5.63. The van der Waals surface area contributed by atoms with Crippen LogP contribution in [0.1, 0.15) is 18.3 Å². The summed E-state index contributed by atoms with van der Waals surface area (Å²) < 4.78 is 18.8. The maximum atomic E-state index is 13.4. The summed E-state index contributed by atoms with van der Waals surface area (Å²) >= 11 is 0. The summed E-state index contributed by atoms with van der Waals surface area (Å²) in [6.07, 6.45) is 0.614. The van der Waals surface area contributed by atoms with Crippen molar-refractivity contribution in [3.05, 3.63) is 41.5 Å². The summed E-state index contributed by atoms with van der Waals surface area (Å²) in [5, 5.41) is 8.64. The number of anilines is 1. The lowest BCUT2D eigenvalue weighted by molar-refractivity contribution is 0.454. The molecule has 96 valence electrons. The first-order chi connectivity index (χ1) is 9.12. The van der Waals surface area contributed by atoms with Crippen LogP contribution in [0.3, 0.4) is 0 Å². The molecule has 0 unspecified atom stereocenters. The average molecular weight is 258 g/mol. The molecule has 19 heavy (non-hydrogen) atoms. The maximum Gasteiger partial charge on any atom is 0.224 e. The summed E-state index contributed by atoms with van der Waals surface area (Å²) in [5.74, 6) is 0.683. The fourth-order valence-corrected chi connectivity index (χ4v) is 1.47. The third-order valence-electron chi connectivity index (χ3n) is 2.37. The van der Waals surface area contributed by atoms with E-state index in [1.807, 2.05) is 6.92 Å². The minimum Gasteiger partial charge on any atom is -0.439 e. The van der Waals surface area contributed by atoms with Crippen molar-refractivity contribution in [2.24, 2.45) is 0 Å². The van der Waals surface area contributed by atoms with Gasteiger partial charge in [0, 0.05) is 18.6 Å². The molecule has 1 aromatic heterocycles. The number of aryl methyl sites for hydroxylation is 1. The lowest BCUT2D eigenvalue weighted by Crippen LogP contribution is -2.00. The molecule has 0 atom stereocenters. The summed E-state index contributed by atoms with van der Waals surface area (Å²) in [7, 11) is 0. The monoisotopic (exact) mass is 258 g/mol. The van der Waals surface area contributed by atoms with Crippen molar-refractivity contribution in [3.8, 4) is 17.7 Å². The molecule has 0 amide bonds. The molecule has 0 bridgehead atoms. The van der Waals surface area contributed by atoms with Crippen molar-refractivity contribution in [1.82, 2.24) is 9.97 Å². The number of hydrogen-bond acceptors (Lipinski definition) is 5. The van der Waals surface area contributed by atoms with Crippen LogP contribution < -0.4 is 10.5 Å². The molecule has 0 aliphatic rings. The normalized spacial score (nSPS) is 9.95. The van der Waals surface area contributed by atoms with E-state index < -0.39 is 5.82 Å². The van der Waals surface area contributed by atoms with Gasteiger partial charge >= 0.3 is 0 Å². The third-order valence-corrected chi connectivity index (χ3v) is 2.37. The number of rotatable bonds is 3. The summed E-state index contributed by atoms with van der Waals surface area (Å²) in [5.41, 5.74) is 5.58. The molecule has 0 radical (unpaired) electrons. The van der Waals surface area contributed by atoms with Gasteiger partial charge < -0.3 is 10.5 Å². The van der Waals surface area contributed by atoms with E-state index in [1.54, 1.807) is 6.07 Å². The molecule has 0 spiro atoms. The highest BCUT2D eigenvalue weighted by Gasteiger charge is 2.07. The second kappa shape index (κ2) is 5.31. The minimum atomic E-state index is -0.641. The van der Waals surface area contributed by atoms with E-state index in [1.165, 1.54) is 18.2 Å². The number of halogens is 1. The molecule has 2 aromatic rings. The van der Waals surface area contributed by atoms with Crippen molar-refractivity contribution in [2.45, 2.75) is 13.3 Å². The van der Waals surface area contributed by atoms with E-state index in [4.69, 9.17) is 15.7 Å². The standard InChI is InChI=1S/C13H11FN4O/c1-2-12-17-11(16)6-13(18-12)19-9-4-3-8(7-15)10(14)5-9/h3-6H,2H2,1H3,(H2,16,17,18). The van der Waals surface area contributed by atoms with Gasteiger partial charge in [0.2, 0.25) is 5.88 Å². The van der Waals surface area contributed by atoms with Gasteiger partial charge in [-0.2, -0.15) is 10.2 Å². The summed E-state index contributed by atoms with van der Waals surface area (Å²) in [6.45, 7) is 1.89. The minimum absolute atomic E-state index is 0.0381. The molecule has 0 aliphatic heterocycles. The molecule has 1 aromatic carbocycles. The number of ether oxygens (including phenoxy) is 1. The fraction of sp³-hybridized carbons (Fsp3) is 0.154.